The number of sulfonamides is 1. The Morgan fingerprint density at radius 3 is 2.65 bits per heavy atom. The smallest absolute Gasteiger partial charge is 0.240 e. The van der Waals surface area contributed by atoms with E-state index in [-0.39, 0.29) is 24.0 Å². The Kier molecular flexibility index (Phi) is 6.58. The van der Waals surface area contributed by atoms with Crippen molar-refractivity contribution < 1.29 is 17.9 Å². The zero-order valence-electron chi connectivity index (χ0n) is 11.9. The summed E-state index contributed by atoms with van der Waals surface area (Å²) in [7, 11) is -3.72. The highest BCUT2D eigenvalue weighted by Gasteiger charge is 2.19. The number of halogens is 1. The molecule has 114 valence electrons. The summed E-state index contributed by atoms with van der Waals surface area (Å²) >= 11 is 0. The molecule has 0 aliphatic heterocycles. The number of rotatable bonds is 8. The first kappa shape index (κ1) is 17.1. The van der Waals surface area contributed by atoms with Crippen LogP contribution in [0, 0.1) is 18.7 Å². The highest BCUT2D eigenvalue weighted by Crippen LogP contribution is 2.17. The van der Waals surface area contributed by atoms with Gasteiger partial charge in [0.1, 0.15) is 5.82 Å². The van der Waals surface area contributed by atoms with Crippen molar-refractivity contribution in [2.75, 3.05) is 13.2 Å². The summed E-state index contributed by atoms with van der Waals surface area (Å²) in [6.45, 7) is 3.93. The van der Waals surface area contributed by atoms with Crippen LogP contribution in [-0.2, 0) is 10.0 Å². The highest BCUT2D eigenvalue weighted by molar-refractivity contribution is 7.89. The van der Waals surface area contributed by atoms with E-state index in [1.807, 2.05) is 6.92 Å². The molecule has 0 spiro atoms. The van der Waals surface area contributed by atoms with Crippen molar-refractivity contribution >= 4 is 10.0 Å². The van der Waals surface area contributed by atoms with Crippen LogP contribution in [0.4, 0.5) is 4.39 Å². The molecule has 0 saturated carbocycles. The van der Waals surface area contributed by atoms with E-state index in [4.69, 9.17) is 5.11 Å². The van der Waals surface area contributed by atoms with Crippen LogP contribution in [-0.4, -0.2) is 26.7 Å². The van der Waals surface area contributed by atoms with Crippen molar-refractivity contribution in [3.05, 3.63) is 29.6 Å². The largest absolute Gasteiger partial charge is 0.396 e. The van der Waals surface area contributed by atoms with E-state index in [1.54, 1.807) is 6.92 Å². The van der Waals surface area contributed by atoms with Crippen LogP contribution in [0.2, 0.25) is 0 Å². The molecule has 4 nitrogen and oxygen atoms in total. The summed E-state index contributed by atoms with van der Waals surface area (Å²) in [6.07, 6.45) is 2.31. The molecule has 0 heterocycles. The van der Waals surface area contributed by atoms with Gasteiger partial charge in [0, 0.05) is 13.2 Å². The predicted molar refractivity (Wildman–Crippen MR) is 76.4 cm³/mol. The Labute approximate surface area is 120 Å². The van der Waals surface area contributed by atoms with Gasteiger partial charge in [0.2, 0.25) is 10.0 Å². The third kappa shape index (κ3) is 4.85. The quantitative estimate of drug-likeness (QED) is 0.774. The van der Waals surface area contributed by atoms with Gasteiger partial charge in [0.05, 0.1) is 4.90 Å². The molecule has 0 radical (unpaired) electrons. The Morgan fingerprint density at radius 1 is 1.35 bits per heavy atom. The van der Waals surface area contributed by atoms with Crippen LogP contribution in [0.1, 0.15) is 31.7 Å². The summed E-state index contributed by atoms with van der Waals surface area (Å²) in [6, 6.07) is 3.71. The van der Waals surface area contributed by atoms with Gasteiger partial charge in [-0.2, -0.15) is 0 Å². The van der Waals surface area contributed by atoms with Gasteiger partial charge in [-0.1, -0.05) is 19.4 Å². The Bertz CT molecular complexity index is 525. The van der Waals surface area contributed by atoms with Crippen molar-refractivity contribution in [1.82, 2.24) is 4.72 Å². The number of aryl methyl sites for hydroxylation is 1. The average molecular weight is 303 g/mol. The fraction of sp³-hybridized carbons (Fsp3) is 0.571. The van der Waals surface area contributed by atoms with E-state index in [0.717, 1.165) is 18.9 Å². The van der Waals surface area contributed by atoms with E-state index in [1.165, 1.54) is 12.1 Å². The van der Waals surface area contributed by atoms with Gasteiger partial charge in [-0.05, 0) is 43.4 Å². The van der Waals surface area contributed by atoms with Gasteiger partial charge in [-0.25, -0.2) is 17.5 Å². The SMILES string of the molecule is CCCC(CCO)CNS(=O)(=O)c1cc(F)ccc1C. The second-order valence-corrected chi connectivity index (χ2v) is 6.66. The lowest BCUT2D eigenvalue weighted by Gasteiger charge is -2.16. The van der Waals surface area contributed by atoms with Crippen molar-refractivity contribution in [2.24, 2.45) is 5.92 Å². The first-order valence-electron chi connectivity index (χ1n) is 6.77. The molecule has 1 unspecified atom stereocenters. The third-order valence-electron chi connectivity index (χ3n) is 3.24. The zero-order chi connectivity index (χ0) is 15.2. The minimum Gasteiger partial charge on any atom is -0.396 e. The maximum absolute atomic E-state index is 13.2. The van der Waals surface area contributed by atoms with Crippen LogP contribution >= 0.6 is 0 Å². The number of hydrogen-bond donors (Lipinski definition) is 2. The molecule has 20 heavy (non-hydrogen) atoms. The van der Waals surface area contributed by atoms with Crippen molar-refractivity contribution in [1.29, 1.82) is 0 Å². The first-order valence-corrected chi connectivity index (χ1v) is 8.25. The summed E-state index contributed by atoms with van der Waals surface area (Å²) in [5.41, 5.74) is 0.507. The van der Waals surface area contributed by atoms with E-state index in [0.29, 0.717) is 12.0 Å². The van der Waals surface area contributed by atoms with Gasteiger partial charge >= 0.3 is 0 Å². The molecule has 0 amide bonds. The summed E-state index contributed by atoms with van der Waals surface area (Å²) in [5, 5.41) is 8.96. The second kappa shape index (κ2) is 7.71. The maximum atomic E-state index is 13.2. The van der Waals surface area contributed by atoms with Crippen molar-refractivity contribution in [3.8, 4) is 0 Å². The monoisotopic (exact) mass is 303 g/mol. The van der Waals surface area contributed by atoms with Crippen molar-refractivity contribution in [3.63, 3.8) is 0 Å². The Morgan fingerprint density at radius 2 is 2.05 bits per heavy atom. The number of nitrogens with one attached hydrogen (secondary N) is 1. The van der Waals surface area contributed by atoms with Gasteiger partial charge in [0.15, 0.2) is 0 Å². The molecule has 0 fully saturated rings. The maximum Gasteiger partial charge on any atom is 0.240 e. The van der Waals surface area contributed by atoms with Crippen LogP contribution in [0.15, 0.2) is 23.1 Å². The van der Waals surface area contributed by atoms with Gasteiger partial charge < -0.3 is 5.11 Å². The second-order valence-electron chi connectivity index (χ2n) is 4.93. The molecule has 0 aromatic heterocycles. The fourth-order valence-electron chi connectivity index (χ4n) is 2.11. The number of aliphatic hydroxyl groups excluding tert-OH is 1. The third-order valence-corrected chi connectivity index (χ3v) is 4.80. The minimum absolute atomic E-state index is 0.0308. The minimum atomic E-state index is -3.72. The van der Waals surface area contributed by atoms with Gasteiger partial charge in [-0.15, -0.1) is 0 Å². The molecular formula is C14H22FNO3S. The average Bonchev–Trinajstić information content (AvgIpc) is 2.39. The number of benzene rings is 1. The van der Waals surface area contributed by atoms with Gasteiger partial charge in [0.25, 0.3) is 0 Å². The molecular weight excluding hydrogens is 281 g/mol. The van der Waals surface area contributed by atoms with E-state index >= 15 is 0 Å². The molecule has 0 saturated heterocycles. The summed E-state index contributed by atoms with van der Waals surface area (Å²) < 4.78 is 40.1. The van der Waals surface area contributed by atoms with Crippen LogP contribution in [0.3, 0.4) is 0 Å². The van der Waals surface area contributed by atoms with Gasteiger partial charge in [-0.3, -0.25) is 0 Å². The number of hydrogen-bond acceptors (Lipinski definition) is 3. The van der Waals surface area contributed by atoms with E-state index < -0.39 is 15.8 Å². The summed E-state index contributed by atoms with van der Waals surface area (Å²) in [5.74, 6) is -0.481. The standard InChI is InChI=1S/C14H22FNO3S/c1-3-4-12(7-8-17)10-16-20(18,19)14-9-13(15)6-5-11(14)2/h5-6,9,12,16-17H,3-4,7-8,10H2,1-2H3. The molecule has 6 heteroatoms. The predicted octanol–water partition coefficient (Wildman–Crippen LogP) is 2.21. The Balaban J connectivity index is 2.81. The van der Waals surface area contributed by atoms with Crippen LogP contribution in [0.25, 0.3) is 0 Å². The molecule has 1 rings (SSSR count). The molecule has 1 aromatic carbocycles. The summed E-state index contributed by atoms with van der Waals surface area (Å²) in [4.78, 5) is -0.0308. The first-order chi connectivity index (χ1) is 9.40. The highest BCUT2D eigenvalue weighted by atomic mass is 32.2. The van der Waals surface area contributed by atoms with Crippen LogP contribution in [0.5, 0.6) is 0 Å². The molecule has 0 aliphatic rings. The Hall–Kier alpha value is -0.980. The molecule has 2 N–H and O–H groups in total. The molecule has 0 aliphatic carbocycles. The number of aliphatic hydroxyl groups is 1. The molecule has 1 aromatic rings. The fourth-order valence-corrected chi connectivity index (χ4v) is 3.48. The lowest BCUT2D eigenvalue weighted by Crippen LogP contribution is -2.30. The van der Waals surface area contributed by atoms with Crippen molar-refractivity contribution in [2.45, 2.75) is 38.0 Å². The molecule has 0 bridgehead atoms. The van der Waals surface area contributed by atoms with E-state index in [2.05, 4.69) is 4.72 Å². The topological polar surface area (TPSA) is 66.4 Å². The van der Waals surface area contributed by atoms with E-state index in [9.17, 15) is 12.8 Å². The van der Waals surface area contributed by atoms with Crippen LogP contribution < -0.4 is 4.72 Å². The lowest BCUT2D eigenvalue weighted by molar-refractivity contribution is 0.251. The normalized spacial score (nSPS) is 13.4. The zero-order valence-corrected chi connectivity index (χ0v) is 12.7. The molecule has 1 atom stereocenters. The lowest BCUT2D eigenvalue weighted by atomic mass is 10.0.